The summed E-state index contributed by atoms with van der Waals surface area (Å²) in [4.78, 5) is 26.9. The lowest BCUT2D eigenvalue weighted by Crippen LogP contribution is -2.41. The SMILES string of the molecule is CCC(CC)COC(=O)[C@H](C)NP(=O)(OCC1C(=O)[C@@H]2CCN1C2)Oc1ccccc1. The summed E-state index contributed by atoms with van der Waals surface area (Å²) in [5.41, 5.74) is 0. The Hall–Kier alpha value is -1.73. The molecule has 2 aliphatic rings. The van der Waals surface area contributed by atoms with Gasteiger partial charge in [0.15, 0.2) is 5.78 Å². The van der Waals surface area contributed by atoms with Crippen LogP contribution in [0.2, 0.25) is 0 Å². The van der Waals surface area contributed by atoms with E-state index in [2.05, 4.69) is 5.09 Å². The van der Waals surface area contributed by atoms with Gasteiger partial charge in [-0.15, -0.1) is 0 Å². The first kappa shape index (κ1) is 23.9. The number of ketones is 1. The third-order valence-electron chi connectivity index (χ3n) is 6.08. The van der Waals surface area contributed by atoms with Gasteiger partial charge in [0.05, 0.1) is 19.3 Å². The molecule has 172 valence electrons. The van der Waals surface area contributed by atoms with Crippen LogP contribution in [-0.2, 0) is 23.4 Å². The summed E-state index contributed by atoms with van der Waals surface area (Å²) in [6.45, 7) is 7.48. The van der Waals surface area contributed by atoms with Gasteiger partial charge in [-0.2, -0.15) is 5.09 Å². The number of para-hydroxylation sites is 1. The number of piperidine rings is 1. The Morgan fingerprint density at radius 3 is 2.58 bits per heavy atom. The van der Waals surface area contributed by atoms with Crippen LogP contribution in [0.5, 0.6) is 5.75 Å². The Labute approximate surface area is 184 Å². The average molecular weight is 452 g/mol. The second-order valence-corrected chi connectivity index (χ2v) is 9.95. The van der Waals surface area contributed by atoms with Crippen LogP contribution in [0.3, 0.4) is 0 Å². The van der Waals surface area contributed by atoms with Gasteiger partial charge in [0.2, 0.25) is 0 Å². The van der Waals surface area contributed by atoms with Gasteiger partial charge in [-0.1, -0.05) is 44.9 Å². The summed E-state index contributed by atoms with van der Waals surface area (Å²) in [5.74, 6) is 0.269. The number of carbonyl (C=O) groups excluding carboxylic acids is 2. The molecule has 2 bridgehead atoms. The minimum Gasteiger partial charge on any atom is -0.464 e. The van der Waals surface area contributed by atoms with Crippen LogP contribution >= 0.6 is 7.75 Å². The molecule has 0 spiro atoms. The van der Waals surface area contributed by atoms with Crippen LogP contribution in [0.4, 0.5) is 0 Å². The molecule has 1 N–H and O–H groups in total. The van der Waals surface area contributed by atoms with Gasteiger partial charge < -0.3 is 9.26 Å². The summed E-state index contributed by atoms with van der Waals surface area (Å²) in [7, 11) is -3.94. The molecule has 1 aromatic rings. The molecule has 31 heavy (non-hydrogen) atoms. The van der Waals surface area contributed by atoms with E-state index in [1.807, 2.05) is 24.8 Å². The van der Waals surface area contributed by atoms with Crippen LogP contribution in [0.15, 0.2) is 30.3 Å². The molecular formula is C22H33N2O6P. The molecule has 0 radical (unpaired) electrons. The molecule has 3 rings (SSSR count). The zero-order chi connectivity index (χ0) is 22.4. The largest absolute Gasteiger partial charge is 0.464 e. The van der Waals surface area contributed by atoms with Gasteiger partial charge >= 0.3 is 13.7 Å². The van der Waals surface area contributed by atoms with Gasteiger partial charge in [0.1, 0.15) is 11.8 Å². The number of benzene rings is 1. The van der Waals surface area contributed by atoms with E-state index in [0.29, 0.717) is 12.4 Å². The second-order valence-electron chi connectivity index (χ2n) is 8.26. The van der Waals surface area contributed by atoms with Crippen molar-refractivity contribution in [1.29, 1.82) is 0 Å². The van der Waals surface area contributed by atoms with E-state index < -0.39 is 25.8 Å². The van der Waals surface area contributed by atoms with E-state index in [1.54, 1.807) is 31.2 Å². The summed E-state index contributed by atoms with van der Waals surface area (Å²) in [5, 5.41) is 2.69. The zero-order valence-electron chi connectivity index (χ0n) is 18.5. The van der Waals surface area contributed by atoms with Gasteiger partial charge in [-0.05, 0) is 37.9 Å². The fourth-order valence-corrected chi connectivity index (χ4v) is 5.46. The fraction of sp³-hybridized carbons (Fsp3) is 0.636. The maximum Gasteiger partial charge on any atom is 0.459 e. The van der Waals surface area contributed by atoms with Crippen molar-refractivity contribution in [1.82, 2.24) is 9.99 Å². The maximum absolute atomic E-state index is 13.5. The molecule has 1 aromatic carbocycles. The number of fused-ring (bicyclic) bond motifs is 2. The first-order valence-electron chi connectivity index (χ1n) is 11.1. The maximum atomic E-state index is 13.5. The summed E-state index contributed by atoms with van der Waals surface area (Å²) in [6, 6.07) is 7.28. The number of esters is 1. The summed E-state index contributed by atoms with van der Waals surface area (Å²) >= 11 is 0. The minimum absolute atomic E-state index is 0.0370. The van der Waals surface area contributed by atoms with E-state index in [-0.39, 0.29) is 24.2 Å². The Morgan fingerprint density at radius 2 is 1.97 bits per heavy atom. The highest BCUT2D eigenvalue weighted by Gasteiger charge is 2.46. The smallest absolute Gasteiger partial charge is 0.459 e. The molecule has 9 heteroatoms. The van der Waals surface area contributed by atoms with E-state index in [1.165, 1.54) is 0 Å². The zero-order valence-corrected chi connectivity index (χ0v) is 19.4. The Balaban J connectivity index is 1.64. The summed E-state index contributed by atoms with van der Waals surface area (Å²) < 4.78 is 30.2. The first-order valence-corrected chi connectivity index (χ1v) is 12.6. The highest BCUT2D eigenvalue weighted by atomic mass is 31.2. The topological polar surface area (TPSA) is 94.2 Å². The third kappa shape index (κ3) is 6.16. The number of nitrogens with one attached hydrogen (secondary N) is 1. The third-order valence-corrected chi connectivity index (χ3v) is 7.73. The molecule has 2 heterocycles. The van der Waals surface area contributed by atoms with Crippen LogP contribution in [-0.4, -0.2) is 55.0 Å². The lowest BCUT2D eigenvalue weighted by molar-refractivity contribution is -0.146. The van der Waals surface area contributed by atoms with Crippen molar-refractivity contribution < 1.29 is 27.9 Å². The van der Waals surface area contributed by atoms with Crippen molar-refractivity contribution in [3.8, 4) is 5.75 Å². The van der Waals surface area contributed by atoms with Crippen molar-refractivity contribution in [3.05, 3.63) is 30.3 Å². The first-order chi connectivity index (χ1) is 14.8. The molecule has 3 unspecified atom stereocenters. The number of hydrogen-bond donors (Lipinski definition) is 1. The van der Waals surface area contributed by atoms with E-state index in [9.17, 15) is 14.2 Å². The molecule has 2 saturated heterocycles. The monoisotopic (exact) mass is 452 g/mol. The molecule has 0 aromatic heterocycles. The molecule has 5 atom stereocenters. The van der Waals surface area contributed by atoms with Crippen LogP contribution < -0.4 is 9.61 Å². The summed E-state index contributed by atoms with van der Waals surface area (Å²) in [6.07, 6.45) is 2.69. The van der Waals surface area contributed by atoms with Crippen molar-refractivity contribution in [2.75, 3.05) is 26.3 Å². The fourth-order valence-electron chi connectivity index (χ4n) is 3.96. The van der Waals surface area contributed by atoms with Gasteiger partial charge in [-0.3, -0.25) is 19.0 Å². The number of carbonyl (C=O) groups is 2. The van der Waals surface area contributed by atoms with Gasteiger partial charge in [-0.25, -0.2) is 4.57 Å². The lowest BCUT2D eigenvalue weighted by atomic mass is 9.99. The predicted octanol–water partition coefficient (Wildman–Crippen LogP) is 3.42. The molecule has 0 aliphatic carbocycles. The van der Waals surface area contributed by atoms with Crippen molar-refractivity contribution in [3.63, 3.8) is 0 Å². The van der Waals surface area contributed by atoms with E-state index in [0.717, 1.165) is 32.4 Å². The number of Topliss-reactive ketones (excluding diaryl/α,β-unsaturated/α-hetero) is 1. The Bertz CT molecular complexity index is 800. The predicted molar refractivity (Wildman–Crippen MR) is 117 cm³/mol. The molecule has 8 nitrogen and oxygen atoms in total. The highest BCUT2D eigenvalue weighted by molar-refractivity contribution is 7.52. The van der Waals surface area contributed by atoms with Crippen molar-refractivity contribution in [2.24, 2.45) is 11.8 Å². The number of rotatable bonds is 12. The van der Waals surface area contributed by atoms with Gasteiger partial charge in [0.25, 0.3) is 0 Å². The van der Waals surface area contributed by atoms with Crippen molar-refractivity contribution >= 4 is 19.5 Å². The minimum atomic E-state index is -3.94. The molecular weight excluding hydrogens is 419 g/mol. The highest BCUT2D eigenvalue weighted by Crippen LogP contribution is 2.46. The van der Waals surface area contributed by atoms with Crippen LogP contribution in [0.25, 0.3) is 0 Å². The normalized spacial score (nSPS) is 25.4. The number of nitrogens with zero attached hydrogens (tertiary/aromatic N) is 1. The number of ether oxygens (including phenoxy) is 1. The van der Waals surface area contributed by atoms with E-state index >= 15 is 0 Å². The molecule has 2 fully saturated rings. The second kappa shape index (κ2) is 10.7. The van der Waals surface area contributed by atoms with Crippen molar-refractivity contribution in [2.45, 2.75) is 52.1 Å². The molecule has 2 aliphatic heterocycles. The molecule has 0 amide bonds. The van der Waals surface area contributed by atoms with Crippen LogP contribution in [0.1, 0.15) is 40.0 Å². The molecule has 0 saturated carbocycles. The lowest BCUT2D eigenvalue weighted by Gasteiger charge is -2.27. The van der Waals surface area contributed by atoms with Gasteiger partial charge in [0, 0.05) is 12.5 Å². The van der Waals surface area contributed by atoms with E-state index in [4.69, 9.17) is 13.8 Å². The standard InChI is InChI=1S/C22H33N2O6P/c1-4-17(5-2)14-28-22(26)16(3)23-31(27,30-19-9-7-6-8-10-19)29-15-20-21(25)18-11-12-24(20)13-18/h6-10,16-18,20H,4-5,11-15H2,1-3H3,(H,23,27)/t16-,18+,20?,31?/m0/s1. The quantitative estimate of drug-likeness (QED) is 0.381. The average Bonchev–Trinajstić information content (AvgIpc) is 3.35. The Morgan fingerprint density at radius 1 is 1.26 bits per heavy atom. The van der Waals surface area contributed by atoms with Crippen LogP contribution in [0, 0.1) is 11.8 Å². The number of hydrogen-bond acceptors (Lipinski definition) is 7. The Kier molecular flexibility index (Phi) is 8.28.